The van der Waals surface area contributed by atoms with Crippen LogP contribution in [0, 0.1) is 0 Å². The van der Waals surface area contributed by atoms with Crippen LogP contribution in [-0.4, -0.2) is 28.1 Å². The maximum atomic E-state index is 12.7. The van der Waals surface area contributed by atoms with Crippen molar-refractivity contribution in [3.63, 3.8) is 0 Å². The summed E-state index contributed by atoms with van der Waals surface area (Å²) in [5, 5.41) is 9.24. The molecule has 6 nitrogen and oxygen atoms in total. The minimum Gasteiger partial charge on any atom is -0.334 e. The highest BCUT2D eigenvalue weighted by atomic mass is 16.5. The second kappa shape index (κ2) is 8.37. The lowest BCUT2D eigenvalue weighted by molar-refractivity contribution is 0.221. The molecule has 1 heterocycles. The van der Waals surface area contributed by atoms with Gasteiger partial charge in [0.05, 0.1) is 0 Å². The molecule has 0 aliphatic carbocycles. The summed E-state index contributed by atoms with van der Waals surface area (Å²) < 4.78 is 5.32. The monoisotopic (exact) mass is 400 g/mol. The molecule has 0 spiro atoms. The molecule has 0 aliphatic rings. The van der Waals surface area contributed by atoms with Crippen LogP contribution in [0.3, 0.4) is 0 Å². The summed E-state index contributed by atoms with van der Waals surface area (Å²) in [5.74, 6) is 1.36. The largest absolute Gasteiger partial charge is 0.334 e. The zero-order valence-corrected chi connectivity index (χ0v) is 17.3. The molecule has 0 bridgehead atoms. The number of anilines is 1. The molecule has 0 radical (unpaired) electrons. The van der Waals surface area contributed by atoms with E-state index in [0.717, 1.165) is 16.5 Å². The summed E-state index contributed by atoms with van der Waals surface area (Å²) in [7, 11) is 1.79. The second-order valence-corrected chi connectivity index (χ2v) is 7.61. The Morgan fingerprint density at radius 2 is 1.77 bits per heavy atom. The standard InChI is InChI=1S/C24H24N4O2/c1-16(2)22-26-23(30-27-22)18-11-13-20(14-12-18)25-24(29)28(3)15-19-9-6-8-17-7-4-5-10-21(17)19/h4-14,16H,15H2,1-3H3,(H,25,29). The first-order chi connectivity index (χ1) is 14.5. The molecule has 0 fully saturated rings. The number of nitrogens with one attached hydrogen (secondary N) is 1. The predicted molar refractivity (Wildman–Crippen MR) is 118 cm³/mol. The van der Waals surface area contributed by atoms with E-state index in [1.54, 1.807) is 11.9 Å². The quantitative estimate of drug-likeness (QED) is 0.468. The third kappa shape index (κ3) is 4.17. The van der Waals surface area contributed by atoms with Crippen LogP contribution in [0.5, 0.6) is 0 Å². The number of nitrogens with zero attached hydrogens (tertiary/aromatic N) is 3. The molecule has 3 aromatic carbocycles. The molecule has 0 unspecified atom stereocenters. The molecule has 4 aromatic rings. The van der Waals surface area contributed by atoms with Crippen LogP contribution in [0.2, 0.25) is 0 Å². The molecule has 152 valence electrons. The Bertz CT molecular complexity index is 1160. The van der Waals surface area contributed by atoms with E-state index in [4.69, 9.17) is 4.52 Å². The van der Waals surface area contributed by atoms with Crippen molar-refractivity contribution in [3.8, 4) is 11.5 Å². The minimum absolute atomic E-state index is 0.171. The third-order valence-electron chi connectivity index (χ3n) is 4.98. The fourth-order valence-corrected chi connectivity index (χ4v) is 3.26. The number of amides is 2. The van der Waals surface area contributed by atoms with Crippen molar-refractivity contribution in [1.29, 1.82) is 0 Å². The molecule has 4 rings (SSSR count). The Kier molecular flexibility index (Phi) is 5.48. The van der Waals surface area contributed by atoms with Gasteiger partial charge in [0.1, 0.15) is 0 Å². The molecule has 2 amide bonds. The zero-order chi connectivity index (χ0) is 21.1. The number of hydrogen-bond donors (Lipinski definition) is 1. The Morgan fingerprint density at radius 1 is 1.03 bits per heavy atom. The highest BCUT2D eigenvalue weighted by Gasteiger charge is 2.13. The summed E-state index contributed by atoms with van der Waals surface area (Å²) >= 11 is 0. The van der Waals surface area contributed by atoms with Gasteiger partial charge in [-0.2, -0.15) is 4.98 Å². The van der Waals surface area contributed by atoms with Crippen LogP contribution in [0.15, 0.2) is 71.3 Å². The average molecular weight is 400 g/mol. The van der Waals surface area contributed by atoms with Gasteiger partial charge in [-0.05, 0) is 40.6 Å². The van der Waals surface area contributed by atoms with Gasteiger partial charge in [0, 0.05) is 30.8 Å². The second-order valence-electron chi connectivity index (χ2n) is 7.61. The molecular formula is C24H24N4O2. The van der Waals surface area contributed by atoms with Crippen LogP contribution in [0.25, 0.3) is 22.2 Å². The van der Waals surface area contributed by atoms with Crippen LogP contribution in [0.4, 0.5) is 10.5 Å². The summed E-state index contributed by atoms with van der Waals surface area (Å²) in [6, 6.07) is 21.5. The number of benzene rings is 3. The van der Waals surface area contributed by atoms with E-state index < -0.39 is 0 Å². The SMILES string of the molecule is CC(C)c1noc(-c2ccc(NC(=O)N(C)Cc3cccc4ccccc34)cc2)n1. The molecule has 0 aliphatic heterocycles. The van der Waals surface area contributed by atoms with Crippen molar-refractivity contribution in [2.24, 2.45) is 0 Å². The van der Waals surface area contributed by atoms with Gasteiger partial charge < -0.3 is 14.7 Å². The first-order valence-corrected chi connectivity index (χ1v) is 9.94. The van der Waals surface area contributed by atoms with Gasteiger partial charge in [0.2, 0.25) is 0 Å². The van der Waals surface area contributed by atoms with E-state index in [2.05, 4.69) is 39.7 Å². The molecule has 0 saturated heterocycles. The third-order valence-corrected chi connectivity index (χ3v) is 4.98. The molecule has 1 N–H and O–H groups in total. The minimum atomic E-state index is -0.171. The molecular weight excluding hydrogens is 376 g/mol. The van der Waals surface area contributed by atoms with Gasteiger partial charge in [-0.25, -0.2) is 4.79 Å². The summed E-state index contributed by atoms with van der Waals surface area (Å²) in [6.45, 7) is 4.55. The molecule has 1 aromatic heterocycles. The maximum Gasteiger partial charge on any atom is 0.321 e. The van der Waals surface area contributed by atoms with Crippen molar-refractivity contribution in [2.45, 2.75) is 26.3 Å². The number of fused-ring (bicyclic) bond motifs is 1. The highest BCUT2D eigenvalue weighted by molar-refractivity contribution is 5.90. The summed E-state index contributed by atoms with van der Waals surface area (Å²) in [5.41, 5.74) is 2.63. The van der Waals surface area contributed by atoms with Crippen LogP contribution >= 0.6 is 0 Å². The van der Waals surface area contributed by atoms with Crippen molar-refractivity contribution in [2.75, 3.05) is 12.4 Å². The zero-order valence-electron chi connectivity index (χ0n) is 17.3. The van der Waals surface area contributed by atoms with E-state index in [1.165, 1.54) is 5.39 Å². The first kappa shape index (κ1) is 19.6. The van der Waals surface area contributed by atoms with Crippen LogP contribution in [0.1, 0.15) is 31.2 Å². The molecule has 0 atom stereocenters. The Hall–Kier alpha value is -3.67. The highest BCUT2D eigenvalue weighted by Crippen LogP contribution is 2.23. The first-order valence-electron chi connectivity index (χ1n) is 9.94. The lowest BCUT2D eigenvalue weighted by atomic mass is 10.0. The van der Waals surface area contributed by atoms with E-state index in [9.17, 15) is 4.79 Å². The lowest BCUT2D eigenvalue weighted by Crippen LogP contribution is -2.30. The van der Waals surface area contributed by atoms with Crippen LogP contribution in [-0.2, 0) is 6.54 Å². The number of carbonyl (C=O) groups excluding carboxylic acids is 1. The molecule has 6 heteroatoms. The average Bonchev–Trinajstić information content (AvgIpc) is 3.25. The van der Waals surface area contributed by atoms with Crippen LogP contribution < -0.4 is 5.32 Å². The Morgan fingerprint density at radius 3 is 2.50 bits per heavy atom. The Balaban J connectivity index is 1.42. The van der Waals surface area contributed by atoms with Gasteiger partial charge in [0.25, 0.3) is 5.89 Å². The summed E-state index contributed by atoms with van der Waals surface area (Å²) in [4.78, 5) is 18.7. The topological polar surface area (TPSA) is 71.3 Å². The van der Waals surface area contributed by atoms with Gasteiger partial charge in [-0.1, -0.05) is 61.5 Å². The number of rotatable bonds is 5. The molecule has 30 heavy (non-hydrogen) atoms. The fraction of sp³-hybridized carbons (Fsp3) is 0.208. The van der Waals surface area contributed by atoms with Gasteiger partial charge >= 0.3 is 6.03 Å². The van der Waals surface area contributed by atoms with Crippen molar-refractivity contribution >= 4 is 22.5 Å². The predicted octanol–water partition coefficient (Wildman–Crippen LogP) is 5.68. The number of carbonyl (C=O) groups is 1. The van der Waals surface area contributed by atoms with Gasteiger partial charge in [-0.3, -0.25) is 0 Å². The van der Waals surface area contributed by atoms with E-state index in [1.807, 2.05) is 56.3 Å². The summed E-state index contributed by atoms with van der Waals surface area (Å²) in [6.07, 6.45) is 0. The smallest absolute Gasteiger partial charge is 0.321 e. The van der Waals surface area contributed by atoms with Crippen molar-refractivity contribution in [3.05, 3.63) is 78.1 Å². The maximum absolute atomic E-state index is 12.7. The lowest BCUT2D eigenvalue weighted by Gasteiger charge is -2.19. The normalized spacial score (nSPS) is 11.1. The van der Waals surface area contributed by atoms with E-state index in [0.29, 0.717) is 23.9 Å². The Labute approximate surface area is 175 Å². The van der Waals surface area contributed by atoms with Gasteiger partial charge in [0.15, 0.2) is 5.82 Å². The number of aromatic nitrogens is 2. The van der Waals surface area contributed by atoms with E-state index >= 15 is 0 Å². The van der Waals surface area contributed by atoms with E-state index in [-0.39, 0.29) is 11.9 Å². The van der Waals surface area contributed by atoms with Crippen molar-refractivity contribution < 1.29 is 9.32 Å². The molecule has 0 saturated carbocycles. The van der Waals surface area contributed by atoms with Crippen molar-refractivity contribution in [1.82, 2.24) is 15.0 Å². The number of urea groups is 1. The number of hydrogen-bond acceptors (Lipinski definition) is 4. The van der Waals surface area contributed by atoms with Gasteiger partial charge in [-0.15, -0.1) is 0 Å². The fourth-order valence-electron chi connectivity index (χ4n) is 3.26.